The van der Waals surface area contributed by atoms with Gasteiger partial charge in [0.05, 0.1) is 17.4 Å². The van der Waals surface area contributed by atoms with Crippen molar-refractivity contribution in [2.75, 3.05) is 18.0 Å². The summed E-state index contributed by atoms with van der Waals surface area (Å²) in [6.45, 7) is 10.9. The number of hydrogen-bond donors (Lipinski definition) is 1. The predicted molar refractivity (Wildman–Crippen MR) is 102 cm³/mol. The topological polar surface area (TPSA) is 41.0 Å². The first kappa shape index (κ1) is 17.4. The van der Waals surface area contributed by atoms with Crippen molar-refractivity contribution in [2.24, 2.45) is 5.92 Å². The molecule has 0 bridgehead atoms. The second kappa shape index (κ2) is 7.62. The van der Waals surface area contributed by atoms with E-state index in [1.165, 1.54) is 16.4 Å². The molecule has 0 aromatic carbocycles. The van der Waals surface area contributed by atoms with Crippen molar-refractivity contribution < 1.29 is 0 Å². The van der Waals surface area contributed by atoms with Crippen molar-refractivity contribution >= 4 is 16.5 Å². The Labute approximate surface area is 149 Å². The van der Waals surface area contributed by atoms with E-state index in [0.29, 0.717) is 18.0 Å². The van der Waals surface area contributed by atoms with E-state index in [9.17, 15) is 0 Å². The second-order valence-electron chi connectivity index (χ2n) is 7.13. The summed E-state index contributed by atoms with van der Waals surface area (Å²) in [7, 11) is 0. The van der Waals surface area contributed by atoms with E-state index in [2.05, 4.69) is 59.3 Å². The van der Waals surface area contributed by atoms with E-state index in [-0.39, 0.29) is 0 Å². The van der Waals surface area contributed by atoms with Gasteiger partial charge in [-0.05, 0) is 44.2 Å². The van der Waals surface area contributed by atoms with Crippen LogP contribution in [0.3, 0.4) is 0 Å². The molecular weight excluding hydrogens is 316 g/mol. The second-order valence-corrected chi connectivity index (χ2v) is 7.96. The third kappa shape index (κ3) is 3.95. The number of rotatable bonds is 5. The minimum Gasteiger partial charge on any atom is -0.348 e. The Bertz CT molecular complexity index is 659. The average molecular weight is 345 g/mol. The molecule has 0 aliphatic carbocycles. The van der Waals surface area contributed by atoms with E-state index in [1.54, 1.807) is 11.3 Å². The zero-order valence-electron chi connectivity index (χ0n) is 15.1. The van der Waals surface area contributed by atoms with E-state index in [0.717, 1.165) is 31.6 Å². The highest BCUT2D eigenvalue weighted by atomic mass is 32.1. The van der Waals surface area contributed by atoms with Gasteiger partial charge >= 0.3 is 0 Å². The molecule has 2 aromatic rings. The maximum absolute atomic E-state index is 4.65. The van der Waals surface area contributed by atoms with Crippen molar-refractivity contribution in [3.05, 3.63) is 40.7 Å². The molecule has 1 aliphatic rings. The molecule has 0 spiro atoms. The molecule has 24 heavy (non-hydrogen) atoms. The van der Waals surface area contributed by atoms with E-state index < -0.39 is 0 Å². The van der Waals surface area contributed by atoms with Gasteiger partial charge in [-0.25, -0.2) is 4.98 Å². The molecule has 1 fully saturated rings. The summed E-state index contributed by atoms with van der Waals surface area (Å²) in [6.07, 6.45) is 4.23. The molecule has 3 heterocycles. The number of anilines is 1. The fraction of sp³-hybridized carbons (Fsp3) is 0.579. The Hall–Kier alpha value is -1.46. The number of nitrogens with zero attached hydrogens (tertiary/aromatic N) is 3. The summed E-state index contributed by atoms with van der Waals surface area (Å²) < 4.78 is 0. The average Bonchev–Trinajstić information content (AvgIpc) is 3.00. The number of thiazole rings is 1. The van der Waals surface area contributed by atoms with Gasteiger partial charge in [0, 0.05) is 30.7 Å². The summed E-state index contributed by atoms with van der Waals surface area (Å²) in [5.74, 6) is 0.526. The molecule has 1 saturated heterocycles. The van der Waals surface area contributed by atoms with Gasteiger partial charge in [0.2, 0.25) is 0 Å². The molecule has 3 rings (SSSR count). The first-order chi connectivity index (χ1) is 11.5. The first-order valence-electron chi connectivity index (χ1n) is 8.89. The molecule has 5 heteroatoms. The fourth-order valence-corrected chi connectivity index (χ4v) is 4.25. The normalized spacial score (nSPS) is 17.5. The SMILES string of the molecule is Cc1csc(N2CCC(N[C@H](c3ncccc3C)C(C)C)CC2)n1. The summed E-state index contributed by atoms with van der Waals surface area (Å²) in [5, 5.41) is 7.19. The Balaban J connectivity index is 1.62. The Morgan fingerprint density at radius 1 is 1.25 bits per heavy atom. The van der Waals surface area contributed by atoms with Crippen LogP contribution >= 0.6 is 11.3 Å². The standard InChI is InChI=1S/C19H28N4S/c1-13(2)17(18-14(3)6-5-9-20-18)22-16-7-10-23(11-8-16)19-21-15(4)12-24-19/h5-6,9,12-13,16-17,22H,7-8,10-11H2,1-4H3/t17-/m0/s1. The van der Waals surface area contributed by atoms with Crippen molar-refractivity contribution in [2.45, 2.75) is 52.6 Å². The third-order valence-corrected chi connectivity index (χ3v) is 5.82. The van der Waals surface area contributed by atoms with Crippen molar-refractivity contribution in [3.63, 3.8) is 0 Å². The quantitative estimate of drug-likeness (QED) is 0.886. The number of aromatic nitrogens is 2. The molecule has 0 amide bonds. The molecule has 130 valence electrons. The van der Waals surface area contributed by atoms with Crippen LogP contribution in [0.1, 0.15) is 49.7 Å². The summed E-state index contributed by atoms with van der Waals surface area (Å²) in [5.41, 5.74) is 3.60. The number of piperidine rings is 1. The van der Waals surface area contributed by atoms with Crippen LogP contribution < -0.4 is 10.2 Å². The highest BCUT2D eigenvalue weighted by Crippen LogP contribution is 2.27. The highest BCUT2D eigenvalue weighted by molar-refractivity contribution is 7.13. The van der Waals surface area contributed by atoms with Gasteiger partial charge in [0.25, 0.3) is 0 Å². The van der Waals surface area contributed by atoms with Crippen LogP contribution in [0.25, 0.3) is 0 Å². The van der Waals surface area contributed by atoms with Gasteiger partial charge < -0.3 is 10.2 Å². The van der Waals surface area contributed by atoms with Crippen LogP contribution in [0, 0.1) is 19.8 Å². The lowest BCUT2D eigenvalue weighted by Gasteiger charge is -2.35. The Morgan fingerprint density at radius 3 is 2.58 bits per heavy atom. The van der Waals surface area contributed by atoms with E-state index in [4.69, 9.17) is 0 Å². The van der Waals surface area contributed by atoms with Crippen LogP contribution in [0.4, 0.5) is 5.13 Å². The Kier molecular flexibility index (Phi) is 5.51. The molecule has 4 nitrogen and oxygen atoms in total. The third-order valence-electron chi connectivity index (χ3n) is 4.80. The minimum absolute atomic E-state index is 0.324. The van der Waals surface area contributed by atoms with E-state index in [1.807, 2.05) is 12.3 Å². The lowest BCUT2D eigenvalue weighted by Crippen LogP contribution is -2.45. The first-order valence-corrected chi connectivity index (χ1v) is 9.77. The van der Waals surface area contributed by atoms with Crippen LogP contribution in [0.5, 0.6) is 0 Å². The van der Waals surface area contributed by atoms with Crippen LogP contribution in [-0.4, -0.2) is 29.1 Å². The van der Waals surface area contributed by atoms with Crippen LogP contribution in [0.2, 0.25) is 0 Å². The van der Waals surface area contributed by atoms with Crippen molar-refractivity contribution in [1.29, 1.82) is 0 Å². The lowest BCUT2D eigenvalue weighted by atomic mass is 9.94. The maximum atomic E-state index is 4.65. The smallest absolute Gasteiger partial charge is 0.185 e. The largest absolute Gasteiger partial charge is 0.348 e. The predicted octanol–water partition coefficient (Wildman–Crippen LogP) is 4.11. The molecule has 0 radical (unpaired) electrons. The number of pyridine rings is 1. The van der Waals surface area contributed by atoms with Gasteiger partial charge in [-0.3, -0.25) is 4.98 Å². The number of nitrogens with one attached hydrogen (secondary N) is 1. The monoisotopic (exact) mass is 344 g/mol. The maximum Gasteiger partial charge on any atom is 0.185 e. The van der Waals surface area contributed by atoms with Gasteiger partial charge in [-0.1, -0.05) is 19.9 Å². The minimum atomic E-state index is 0.324. The van der Waals surface area contributed by atoms with Crippen LogP contribution in [-0.2, 0) is 0 Å². The zero-order chi connectivity index (χ0) is 17.1. The number of hydrogen-bond acceptors (Lipinski definition) is 5. The highest BCUT2D eigenvalue weighted by Gasteiger charge is 2.26. The van der Waals surface area contributed by atoms with Crippen LogP contribution in [0.15, 0.2) is 23.7 Å². The molecule has 0 saturated carbocycles. The lowest BCUT2D eigenvalue weighted by molar-refractivity contribution is 0.315. The van der Waals surface area contributed by atoms with E-state index >= 15 is 0 Å². The molecule has 2 aromatic heterocycles. The van der Waals surface area contributed by atoms with Gasteiger partial charge in [-0.15, -0.1) is 11.3 Å². The zero-order valence-corrected chi connectivity index (χ0v) is 15.9. The molecule has 1 atom stereocenters. The number of aryl methyl sites for hydroxylation is 2. The van der Waals surface area contributed by atoms with Gasteiger partial charge in [0.15, 0.2) is 5.13 Å². The summed E-state index contributed by atoms with van der Waals surface area (Å²) in [4.78, 5) is 11.7. The van der Waals surface area contributed by atoms with Gasteiger partial charge in [0.1, 0.15) is 0 Å². The van der Waals surface area contributed by atoms with Crippen molar-refractivity contribution in [3.8, 4) is 0 Å². The summed E-state index contributed by atoms with van der Waals surface area (Å²) >= 11 is 1.76. The van der Waals surface area contributed by atoms with Crippen molar-refractivity contribution in [1.82, 2.24) is 15.3 Å². The molecule has 0 unspecified atom stereocenters. The van der Waals surface area contributed by atoms with Gasteiger partial charge in [-0.2, -0.15) is 0 Å². The molecule has 1 N–H and O–H groups in total. The molecular formula is C19H28N4S. The summed E-state index contributed by atoms with van der Waals surface area (Å²) in [6, 6.07) is 5.05. The Morgan fingerprint density at radius 2 is 2.00 bits per heavy atom. The fourth-order valence-electron chi connectivity index (χ4n) is 3.39. The molecule has 1 aliphatic heterocycles.